The van der Waals surface area contributed by atoms with E-state index in [1.807, 2.05) is 12.1 Å². The van der Waals surface area contributed by atoms with Gasteiger partial charge in [-0.2, -0.15) is 5.26 Å². The maximum atomic E-state index is 12.7. The van der Waals surface area contributed by atoms with Gasteiger partial charge in [-0.25, -0.2) is 9.69 Å². The number of amides is 1. The molecule has 7 heteroatoms. The highest BCUT2D eigenvalue weighted by Crippen LogP contribution is 2.56. The molecule has 1 amide bonds. The van der Waals surface area contributed by atoms with Gasteiger partial charge < -0.3 is 9.47 Å². The predicted molar refractivity (Wildman–Crippen MR) is 106 cm³/mol. The summed E-state index contributed by atoms with van der Waals surface area (Å²) in [6.07, 6.45) is -1.39. The summed E-state index contributed by atoms with van der Waals surface area (Å²) in [5.41, 5.74) is 3.12. The summed E-state index contributed by atoms with van der Waals surface area (Å²) in [5, 5.41) is 11.0. The van der Waals surface area contributed by atoms with E-state index in [4.69, 9.17) is 32.7 Å². The van der Waals surface area contributed by atoms with Crippen molar-refractivity contribution in [2.24, 2.45) is 0 Å². The molecule has 0 spiro atoms. The summed E-state index contributed by atoms with van der Waals surface area (Å²) in [4.78, 5) is 14.2. The zero-order valence-corrected chi connectivity index (χ0v) is 16.5. The first-order valence-corrected chi connectivity index (χ1v) is 9.50. The van der Waals surface area contributed by atoms with Crippen LogP contribution in [0.5, 0.6) is 0 Å². The van der Waals surface area contributed by atoms with Crippen LogP contribution in [0.1, 0.15) is 30.5 Å². The minimum absolute atomic E-state index is 0.399. The molecule has 5 rings (SSSR count). The maximum absolute atomic E-state index is 12.7. The molecular weight excluding hydrogens is 399 g/mol. The molecule has 2 atom stereocenters. The van der Waals surface area contributed by atoms with Gasteiger partial charge in [-0.3, -0.25) is 0 Å². The highest BCUT2D eigenvalue weighted by atomic mass is 35.5. The number of rotatable bonds is 1. The van der Waals surface area contributed by atoms with Gasteiger partial charge in [0.05, 0.1) is 11.3 Å². The van der Waals surface area contributed by atoms with Crippen molar-refractivity contribution < 1.29 is 14.3 Å². The Morgan fingerprint density at radius 3 is 2.75 bits per heavy atom. The second kappa shape index (κ2) is 5.74. The Kier molecular flexibility index (Phi) is 3.60. The van der Waals surface area contributed by atoms with Crippen LogP contribution in [-0.2, 0) is 15.1 Å². The van der Waals surface area contributed by atoms with E-state index >= 15 is 0 Å². The highest BCUT2D eigenvalue weighted by Gasteiger charge is 2.59. The van der Waals surface area contributed by atoms with Gasteiger partial charge in [-0.1, -0.05) is 41.4 Å². The number of hydrogen-bond acceptors (Lipinski definition) is 4. The van der Waals surface area contributed by atoms with Crippen LogP contribution in [0, 0.1) is 11.3 Å². The Morgan fingerprint density at radius 1 is 1.25 bits per heavy atom. The number of hydrogen-bond donors (Lipinski definition) is 0. The third kappa shape index (κ3) is 2.32. The van der Waals surface area contributed by atoms with E-state index < -0.39 is 24.0 Å². The fourth-order valence-corrected chi connectivity index (χ4v) is 4.68. The lowest BCUT2D eigenvalue weighted by atomic mass is 9.83. The number of nitriles is 1. The predicted octanol–water partition coefficient (Wildman–Crippen LogP) is 5.36. The standard InChI is InChI=1S/C21H14Cl2N2O3/c1-21(2)16-14(23)7-6-12-15(13(9-24)10-4-3-5-11(22)8-10)18-19(27-18)25(17(12)16)20(26)28-21/h3-8,18-19H,1-2H3/b15-13+. The van der Waals surface area contributed by atoms with Crippen LogP contribution in [0.4, 0.5) is 10.5 Å². The van der Waals surface area contributed by atoms with Crippen molar-refractivity contribution >= 4 is 46.1 Å². The number of ether oxygens (including phenoxy) is 2. The molecule has 28 heavy (non-hydrogen) atoms. The molecule has 2 unspecified atom stereocenters. The van der Waals surface area contributed by atoms with Crippen LogP contribution in [0.15, 0.2) is 36.4 Å². The number of carbonyl (C=O) groups excluding carboxylic acids is 1. The van der Waals surface area contributed by atoms with Gasteiger partial charge in [0.1, 0.15) is 17.8 Å². The van der Waals surface area contributed by atoms with Crippen LogP contribution >= 0.6 is 23.2 Å². The van der Waals surface area contributed by atoms with Crippen molar-refractivity contribution in [2.75, 3.05) is 4.90 Å². The lowest BCUT2D eigenvalue weighted by molar-refractivity contribution is 0.0332. The van der Waals surface area contributed by atoms with Gasteiger partial charge in [0.15, 0.2) is 6.23 Å². The summed E-state index contributed by atoms with van der Waals surface area (Å²) in [6.45, 7) is 3.60. The molecule has 5 nitrogen and oxygen atoms in total. The van der Waals surface area contributed by atoms with E-state index in [0.717, 1.165) is 11.1 Å². The molecule has 3 aliphatic heterocycles. The largest absolute Gasteiger partial charge is 0.438 e. The highest BCUT2D eigenvalue weighted by molar-refractivity contribution is 6.32. The number of epoxide rings is 1. The lowest BCUT2D eigenvalue weighted by Gasteiger charge is -2.41. The van der Waals surface area contributed by atoms with Gasteiger partial charge in [-0.05, 0) is 37.6 Å². The number of benzene rings is 2. The van der Waals surface area contributed by atoms with E-state index in [1.54, 1.807) is 38.1 Å². The van der Waals surface area contributed by atoms with Crippen molar-refractivity contribution in [1.29, 1.82) is 5.26 Å². The van der Waals surface area contributed by atoms with Gasteiger partial charge >= 0.3 is 6.09 Å². The Labute approximate surface area is 171 Å². The number of cyclic esters (lactones) is 1. The van der Waals surface area contributed by atoms with Gasteiger partial charge in [0.25, 0.3) is 0 Å². The van der Waals surface area contributed by atoms with E-state index in [1.165, 1.54) is 4.90 Å². The summed E-state index contributed by atoms with van der Waals surface area (Å²) >= 11 is 12.6. The average molecular weight is 413 g/mol. The lowest BCUT2D eigenvalue weighted by Crippen LogP contribution is -2.47. The quantitative estimate of drug-likeness (QED) is 0.467. The molecule has 0 radical (unpaired) electrons. The molecule has 0 aromatic heterocycles. The smallest absolute Gasteiger partial charge is 0.417 e. The van der Waals surface area contributed by atoms with Crippen molar-refractivity contribution in [3.63, 3.8) is 0 Å². The van der Waals surface area contributed by atoms with E-state index in [0.29, 0.717) is 32.4 Å². The molecule has 3 aliphatic rings. The minimum Gasteiger partial charge on any atom is -0.438 e. The summed E-state index contributed by atoms with van der Waals surface area (Å²) < 4.78 is 11.4. The molecule has 0 saturated carbocycles. The first-order valence-electron chi connectivity index (χ1n) is 8.74. The molecule has 0 aliphatic carbocycles. The Hall–Kier alpha value is -2.52. The molecule has 0 N–H and O–H groups in total. The number of nitrogens with zero attached hydrogens (tertiary/aromatic N) is 2. The monoisotopic (exact) mass is 412 g/mol. The molecule has 140 valence electrons. The minimum atomic E-state index is -0.897. The molecular formula is C21H14Cl2N2O3. The third-order valence-corrected chi connectivity index (χ3v) is 5.85. The van der Waals surface area contributed by atoms with E-state index in [-0.39, 0.29) is 0 Å². The third-order valence-electron chi connectivity index (χ3n) is 5.30. The van der Waals surface area contributed by atoms with Crippen LogP contribution in [0.3, 0.4) is 0 Å². The fraction of sp³-hybridized carbons (Fsp3) is 0.238. The van der Waals surface area contributed by atoms with Gasteiger partial charge in [-0.15, -0.1) is 0 Å². The van der Waals surface area contributed by atoms with E-state index in [2.05, 4.69) is 6.07 Å². The average Bonchev–Trinajstić information content (AvgIpc) is 3.40. The van der Waals surface area contributed by atoms with Crippen LogP contribution in [0.25, 0.3) is 11.1 Å². The number of halogens is 2. The van der Waals surface area contributed by atoms with Crippen LogP contribution < -0.4 is 4.90 Å². The number of fused-ring (bicyclic) bond motifs is 2. The molecule has 2 aromatic carbocycles. The Bertz CT molecular complexity index is 1130. The van der Waals surface area contributed by atoms with E-state index in [9.17, 15) is 10.1 Å². The molecule has 1 saturated heterocycles. The van der Waals surface area contributed by atoms with Crippen LogP contribution in [0.2, 0.25) is 10.0 Å². The van der Waals surface area contributed by atoms with Crippen molar-refractivity contribution in [2.45, 2.75) is 31.8 Å². The summed E-state index contributed by atoms with van der Waals surface area (Å²) in [6, 6.07) is 13.0. The maximum Gasteiger partial charge on any atom is 0.417 e. The van der Waals surface area contributed by atoms with Gasteiger partial charge in [0.2, 0.25) is 0 Å². The number of anilines is 1. The second-order valence-electron chi connectivity index (χ2n) is 7.42. The molecule has 3 heterocycles. The van der Waals surface area contributed by atoms with Crippen molar-refractivity contribution in [1.82, 2.24) is 0 Å². The first-order chi connectivity index (χ1) is 13.3. The normalized spacial score (nSPS) is 25.2. The van der Waals surface area contributed by atoms with Crippen molar-refractivity contribution in [3.8, 4) is 6.07 Å². The summed E-state index contributed by atoms with van der Waals surface area (Å²) in [7, 11) is 0. The van der Waals surface area contributed by atoms with Crippen LogP contribution in [-0.4, -0.2) is 18.4 Å². The zero-order valence-electron chi connectivity index (χ0n) is 15.0. The number of allylic oxidation sites excluding steroid dienone is 1. The molecule has 0 bridgehead atoms. The SMILES string of the molecule is CC1(C)OC(=O)N2c3c(ccc(Cl)c31)/C(=C(/C#N)c1cccc(Cl)c1)C1OC12. The Balaban J connectivity index is 1.85. The summed E-state index contributed by atoms with van der Waals surface area (Å²) in [5.74, 6) is 0. The number of carbonyl (C=O) groups is 1. The topological polar surface area (TPSA) is 65.9 Å². The van der Waals surface area contributed by atoms with Crippen molar-refractivity contribution in [3.05, 3.63) is 63.1 Å². The zero-order chi connectivity index (χ0) is 19.8. The molecule has 1 fully saturated rings. The second-order valence-corrected chi connectivity index (χ2v) is 8.27. The first kappa shape index (κ1) is 17.6. The molecule has 2 aromatic rings. The van der Waals surface area contributed by atoms with Gasteiger partial charge in [0, 0.05) is 26.7 Å². The fourth-order valence-electron chi connectivity index (χ4n) is 4.11. The Morgan fingerprint density at radius 2 is 2.04 bits per heavy atom.